The molecule has 0 spiro atoms. The number of aromatic nitrogens is 6. The Morgan fingerprint density at radius 1 is 0.269 bits per heavy atom. The number of nitrogens with zero attached hydrogens (tertiary/aromatic N) is 6. The zero-order chi connectivity index (χ0) is 50.5. The Kier molecular flexibility index (Phi) is 7.65. The van der Waals surface area contributed by atoms with Gasteiger partial charge in [-0.1, -0.05) is 170 Å². The maximum atomic E-state index is 5.95. The van der Waals surface area contributed by atoms with Gasteiger partial charge in [-0.05, 0) is 105 Å². The summed E-state index contributed by atoms with van der Waals surface area (Å²) in [6.45, 7) is 0. The van der Waals surface area contributed by atoms with E-state index in [4.69, 9.17) is 9.97 Å². The highest BCUT2D eigenvalue weighted by molar-refractivity contribution is 6.33. The molecular weight excluding hydrogens is 949 g/mol. The average molecular weight is 989 g/mol. The summed E-state index contributed by atoms with van der Waals surface area (Å²) in [6, 6.07) is 89.2. The molecule has 19 rings (SSSR count). The van der Waals surface area contributed by atoms with E-state index in [1.807, 2.05) is 0 Å². The Bertz CT molecular complexity index is 5800. The van der Waals surface area contributed by atoms with Crippen LogP contribution in [0.4, 0.5) is 0 Å². The van der Waals surface area contributed by atoms with Gasteiger partial charge in [0.2, 0.25) is 0 Å². The zero-order valence-electron chi connectivity index (χ0n) is 41.8. The van der Waals surface area contributed by atoms with Crippen LogP contribution in [0.2, 0.25) is 0 Å². The fourth-order valence-corrected chi connectivity index (χ4v) is 14.2. The number of hydrogen-bond donors (Lipinski definition) is 0. The van der Waals surface area contributed by atoms with E-state index in [2.05, 4.69) is 261 Å². The van der Waals surface area contributed by atoms with Gasteiger partial charge in [0.15, 0.2) is 11.3 Å². The van der Waals surface area contributed by atoms with E-state index in [-0.39, 0.29) is 0 Å². The highest BCUT2D eigenvalue weighted by Crippen LogP contribution is 2.49. The Labute approximate surface area is 443 Å². The van der Waals surface area contributed by atoms with Crippen LogP contribution in [0, 0.1) is 0 Å². The third kappa shape index (κ3) is 5.07. The van der Waals surface area contributed by atoms with Crippen molar-refractivity contribution in [3.05, 3.63) is 243 Å². The van der Waals surface area contributed by atoms with Crippen molar-refractivity contribution in [3.63, 3.8) is 0 Å². The Morgan fingerprint density at radius 2 is 0.756 bits per heavy atom. The minimum atomic E-state index is 0.866. The molecule has 0 N–H and O–H groups in total. The molecule has 0 aliphatic carbocycles. The molecule has 6 heteroatoms. The molecule has 358 valence electrons. The van der Waals surface area contributed by atoms with Crippen LogP contribution in [0.5, 0.6) is 0 Å². The first-order chi connectivity index (χ1) is 38.7. The topological polar surface area (TPSA) is 44.5 Å². The lowest BCUT2D eigenvalue weighted by molar-refractivity contribution is 1.18. The van der Waals surface area contributed by atoms with E-state index in [0.717, 1.165) is 83.2 Å². The standard InChI is InChI=1S/C72H40N6/c1-3-19-45(20-4-1)75-59-31-13-11-25-50(59)55-37-43(33-35-61(55)75)49-27-15-29-53-64-48-24-10-8-18-42(48)39-58-66-72(77(67(49)53)70(58)64)73-65-54-30-16-28-52-57-38-41-17-7-9-23-47(41)63(69(57)78(68(52)54)71(65)74-66)44-34-36-62-56(40-44)51-26-12-14-32-60(51)76(62)46-21-5-2-6-22-46/h1-40H. The van der Waals surface area contributed by atoms with Crippen molar-refractivity contribution < 1.29 is 0 Å². The van der Waals surface area contributed by atoms with Crippen molar-refractivity contribution in [2.75, 3.05) is 0 Å². The molecule has 0 bridgehead atoms. The molecular formula is C72H40N6. The minimum Gasteiger partial charge on any atom is -0.309 e. The summed E-state index contributed by atoms with van der Waals surface area (Å²) in [6.07, 6.45) is 0. The van der Waals surface area contributed by atoms with Gasteiger partial charge in [0.1, 0.15) is 11.0 Å². The highest BCUT2D eigenvalue weighted by Gasteiger charge is 2.29. The SMILES string of the molecule is c1ccc(-n2c3ccccc3c3cc(-c4c5ccccc5cc5c6cccc7c8nc9c(nc8n(c45)c67)c4cc5ccccc5c5c6cccc(-c7ccc8c(c7)c7ccccc7n8-c7ccccc7)c6n9c45)ccc32)cc1. The van der Waals surface area contributed by atoms with E-state index >= 15 is 0 Å². The summed E-state index contributed by atoms with van der Waals surface area (Å²) in [7, 11) is 0. The van der Waals surface area contributed by atoms with E-state index in [1.165, 1.54) is 92.3 Å². The van der Waals surface area contributed by atoms with Crippen molar-refractivity contribution in [3.8, 4) is 33.6 Å². The molecule has 6 nitrogen and oxygen atoms in total. The van der Waals surface area contributed by atoms with E-state index in [9.17, 15) is 0 Å². The molecule has 0 atom stereocenters. The van der Waals surface area contributed by atoms with Crippen molar-refractivity contribution in [1.29, 1.82) is 0 Å². The molecule has 0 amide bonds. The maximum Gasteiger partial charge on any atom is 0.165 e. The molecule has 12 aromatic carbocycles. The Hall–Kier alpha value is -10.6. The Balaban J connectivity index is 0.926. The van der Waals surface area contributed by atoms with Crippen molar-refractivity contribution in [2.45, 2.75) is 0 Å². The molecule has 7 heterocycles. The second-order valence-corrected chi connectivity index (χ2v) is 21.2. The molecule has 0 unspecified atom stereocenters. The second-order valence-electron chi connectivity index (χ2n) is 21.2. The summed E-state index contributed by atoms with van der Waals surface area (Å²) in [5.41, 5.74) is 19.8. The zero-order valence-corrected chi connectivity index (χ0v) is 41.8. The molecule has 0 aliphatic rings. The smallest absolute Gasteiger partial charge is 0.165 e. The average Bonchev–Trinajstić information content (AvgIpc) is 3.78. The fraction of sp³-hybridized carbons (Fsp3) is 0. The van der Waals surface area contributed by atoms with Gasteiger partial charge < -0.3 is 9.13 Å². The molecule has 0 aliphatic heterocycles. The third-order valence-corrected chi connectivity index (χ3v) is 17.3. The van der Waals surface area contributed by atoms with Gasteiger partial charge in [0.25, 0.3) is 0 Å². The van der Waals surface area contributed by atoms with Crippen molar-refractivity contribution in [2.24, 2.45) is 0 Å². The molecule has 0 saturated carbocycles. The van der Waals surface area contributed by atoms with Gasteiger partial charge in [0.05, 0.1) is 44.1 Å². The number of fused-ring (bicyclic) bond motifs is 21. The van der Waals surface area contributed by atoms with Crippen LogP contribution in [0.15, 0.2) is 243 Å². The lowest BCUT2D eigenvalue weighted by Gasteiger charge is -2.12. The van der Waals surface area contributed by atoms with Gasteiger partial charge in [-0.25, -0.2) is 9.97 Å². The van der Waals surface area contributed by atoms with Crippen LogP contribution in [0.3, 0.4) is 0 Å². The van der Waals surface area contributed by atoms with E-state index < -0.39 is 0 Å². The van der Waals surface area contributed by atoms with E-state index in [1.54, 1.807) is 0 Å². The number of rotatable bonds is 4. The van der Waals surface area contributed by atoms with Gasteiger partial charge in [-0.15, -0.1) is 0 Å². The van der Waals surface area contributed by atoms with Crippen LogP contribution in [0.25, 0.3) is 175 Å². The van der Waals surface area contributed by atoms with Crippen LogP contribution >= 0.6 is 0 Å². The van der Waals surface area contributed by atoms with Crippen LogP contribution < -0.4 is 0 Å². The maximum absolute atomic E-state index is 5.95. The lowest BCUT2D eigenvalue weighted by atomic mass is 9.93. The molecule has 19 aromatic rings. The largest absolute Gasteiger partial charge is 0.309 e. The minimum absolute atomic E-state index is 0.866. The number of hydrogen-bond acceptors (Lipinski definition) is 2. The normalized spacial score (nSPS) is 12.6. The summed E-state index contributed by atoms with van der Waals surface area (Å²) >= 11 is 0. The van der Waals surface area contributed by atoms with E-state index in [0.29, 0.717) is 0 Å². The monoisotopic (exact) mass is 988 g/mol. The predicted octanol–water partition coefficient (Wildman–Crippen LogP) is 18.6. The lowest BCUT2D eigenvalue weighted by Crippen LogP contribution is -1.94. The van der Waals surface area contributed by atoms with Gasteiger partial charge in [-0.2, -0.15) is 0 Å². The van der Waals surface area contributed by atoms with Crippen molar-refractivity contribution in [1.82, 2.24) is 27.9 Å². The van der Waals surface area contributed by atoms with Gasteiger partial charge in [-0.3, -0.25) is 8.80 Å². The number of para-hydroxylation sites is 6. The van der Waals surface area contributed by atoms with Gasteiger partial charge in [0, 0.05) is 76.4 Å². The molecule has 7 aromatic heterocycles. The van der Waals surface area contributed by atoms with Gasteiger partial charge >= 0.3 is 0 Å². The summed E-state index contributed by atoms with van der Waals surface area (Å²) in [5, 5.41) is 16.8. The first-order valence-corrected chi connectivity index (χ1v) is 26.8. The third-order valence-electron chi connectivity index (χ3n) is 17.3. The quantitative estimate of drug-likeness (QED) is 0.176. The van der Waals surface area contributed by atoms with Crippen LogP contribution in [-0.4, -0.2) is 27.9 Å². The summed E-state index contributed by atoms with van der Waals surface area (Å²) in [4.78, 5) is 11.9. The first kappa shape index (κ1) is 40.8. The van der Waals surface area contributed by atoms with Crippen LogP contribution in [-0.2, 0) is 0 Å². The molecule has 0 fully saturated rings. The molecule has 0 saturated heterocycles. The summed E-state index contributed by atoms with van der Waals surface area (Å²) in [5.74, 6) is 0. The fourth-order valence-electron chi connectivity index (χ4n) is 14.2. The second kappa shape index (κ2) is 14.6. The van der Waals surface area contributed by atoms with Crippen molar-refractivity contribution >= 4 is 142 Å². The first-order valence-electron chi connectivity index (χ1n) is 26.8. The highest BCUT2D eigenvalue weighted by atomic mass is 15.1. The van der Waals surface area contributed by atoms with Crippen LogP contribution in [0.1, 0.15) is 0 Å². The Morgan fingerprint density at radius 3 is 1.45 bits per heavy atom. The summed E-state index contributed by atoms with van der Waals surface area (Å²) < 4.78 is 9.69. The molecule has 78 heavy (non-hydrogen) atoms. The number of benzene rings is 12. The predicted molar refractivity (Wildman–Crippen MR) is 326 cm³/mol. The molecule has 0 radical (unpaired) electrons.